The molecule has 4 N–H and O–H groups in total. The lowest BCUT2D eigenvalue weighted by Gasteiger charge is -2.12. The summed E-state index contributed by atoms with van der Waals surface area (Å²) < 4.78 is 38.4. The Morgan fingerprint density at radius 1 is 1.12 bits per heavy atom. The van der Waals surface area contributed by atoms with E-state index >= 15 is 0 Å². The number of carbonyl (C=O) groups is 2. The van der Waals surface area contributed by atoms with Crippen molar-refractivity contribution in [1.29, 1.82) is 0 Å². The largest absolute Gasteiger partial charge is 0.416 e. The number of hydrogen-bond donors (Lipinski definition) is 3. The van der Waals surface area contributed by atoms with Gasteiger partial charge >= 0.3 is 6.18 Å². The molecule has 0 spiro atoms. The molecule has 0 aromatic heterocycles. The molecule has 136 valence electrons. The number of carbonyl (C=O) groups excluding carboxylic acids is 2. The number of amides is 2. The van der Waals surface area contributed by atoms with Crippen LogP contribution < -0.4 is 16.4 Å². The third-order valence-electron chi connectivity index (χ3n) is 3.02. The Bertz CT molecular complexity index is 565. The summed E-state index contributed by atoms with van der Waals surface area (Å²) in [5.41, 5.74) is 4.84. The third-order valence-corrected chi connectivity index (χ3v) is 3.02. The van der Waals surface area contributed by atoms with Gasteiger partial charge in [-0.25, -0.2) is 0 Å². The zero-order valence-corrected chi connectivity index (χ0v) is 14.0. The van der Waals surface area contributed by atoms with E-state index < -0.39 is 17.6 Å². The molecule has 1 rings (SSSR count). The number of alkyl halides is 3. The van der Waals surface area contributed by atoms with Crippen LogP contribution in [-0.2, 0) is 22.3 Å². The Hall–Kier alpha value is -1.80. The molecular formula is C15H21ClF3N3O2. The Balaban J connectivity index is 0.00000529. The van der Waals surface area contributed by atoms with E-state index in [1.165, 1.54) is 6.07 Å². The molecule has 0 fully saturated rings. The lowest BCUT2D eigenvalue weighted by molar-refractivity contribution is -0.137. The lowest BCUT2D eigenvalue weighted by atomic mass is 10.1. The van der Waals surface area contributed by atoms with Gasteiger partial charge in [0.15, 0.2) is 0 Å². The van der Waals surface area contributed by atoms with E-state index in [4.69, 9.17) is 5.73 Å². The maximum Gasteiger partial charge on any atom is 0.416 e. The molecule has 1 aromatic rings. The van der Waals surface area contributed by atoms with Crippen molar-refractivity contribution in [1.82, 2.24) is 5.32 Å². The summed E-state index contributed by atoms with van der Waals surface area (Å²) in [6.07, 6.45) is -3.95. The van der Waals surface area contributed by atoms with E-state index in [0.717, 1.165) is 12.1 Å². The summed E-state index contributed by atoms with van der Waals surface area (Å²) in [4.78, 5) is 23.0. The number of rotatable bonds is 7. The predicted octanol–water partition coefficient (Wildman–Crippen LogP) is 2.83. The predicted molar refractivity (Wildman–Crippen MR) is 87.7 cm³/mol. The van der Waals surface area contributed by atoms with Crippen LogP contribution in [0.4, 0.5) is 18.9 Å². The van der Waals surface area contributed by atoms with Crippen molar-refractivity contribution in [2.24, 2.45) is 5.73 Å². The van der Waals surface area contributed by atoms with Gasteiger partial charge in [0.1, 0.15) is 0 Å². The molecule has 0 saturated carbocycles. The summed E-state index contributed by atoms with van der Waals surface area (Å²) in [6.45, 7) is 2.23. The summed E-state index contributed by atoms with van der Waals surface area (Å²) in [7, 11) is 0. The van der Waals surface area contributed by atoms with Gasteiger partial charge in [0.2, 0.25) is 11.8 Å². The van der Waals surface area contributed by atoms with E-state index in [-0.39, 0.29) is 49.0 Å². The maximum atomic E-state index is 12.8. The second-order valence-corrected chi connectivity index (χ2v) is 4.98. The van der Waals surface area contributed by atoms with Crippen LogP contribution >= 0.6 is 12.4 Å². The van der Waals surface area contributed by atoms with Crippen LogP contribution in [0.1, 0.15) is 37.3 Å². The van der Waals surface area contributed by atoms with Gasteiger partial charge in [0, 0.05) is 31.6 Å². The van der Waals surface area contributed by atoms with Gasteiger partial charge in [-0.3, -0.25) is 9.59 Å². The minimum atomic E-state index is -4.51. The molecule has 9 heteroatoms. The van der Waals surface area contributed by atoms with Crippen molar-refractivity contribution in [3.63, 3.8) is 0 Å². The number of hydrogen-bond acceptors (Lipinski definition) is 3. The number of halogens is 4. The van der Waals surface area contributed by atoms with Crippen LogP contribution in [-0.4, -0.2) is 18.4 Å². The second-order valence-electron chi connectivity index (χ2n) is 4.98. The summed E-state index contributed by atoms with van der Waals surface area (Å²) in [5.74, 6) is -0.610. The molecule has 0 bridgehead atoms. The highest BCUT2D eigenvalue weighted by Crippen LogP contribution is 2.32. The molecule has 1 aromatic carbocycles. The lowest BCUT2D eigenvalue weighted by Crippen LogP contribution is -2.22. The highest BCUT2D eigenvalue weighted by atomic mass is 35.5. The summed E-state index contributed by atoms with van der Waals surface area (Å²) in [5, 5.41) is 5.01. The SMILES string of the molecule is CCNC(=O)CCCC(=O)Nc1cc(CN)cc(C(F)(F)F)c1.Cl. The Morgan fingerprint density at radius 2 is 1.75 bits per heavy atom. The van der Waals surface area contributed by atoms with Gasteiger partial charge < -0.3 is 16.4 Å². The molecule has 0 atom stereocenters. The Labute approximate surface area is 144 Å². The van der Waals surface area contributed by atoms with Crippen molar-refractivity contribution in [3.8, 4) is 0 Å². The van der Waals surface area contributed by atoms with Crippen molar-refractivity contribution in [2.75, 3.05) is 11.9 Å². The highest BCUT2D eigenvalue weighted by Gasteiger charge is 2.31. The average Bonchev–Trinajstić information content (AvgIpc) is 2.46. The van der Waals surface area contributed by atoms with Gasteiger partial charge in [0.25, 0.3) is 0 Å². The molecule has 0 saturated heterocycles. The average molecular weight is 368 g/mol. The molecule has 0 radical (unpaired) electrons. The zero-order valence-electron chi connectivity index (χ0n) is 13.2. The molecule has 2 amide bonds. The van der Waals surface area contributed by atoms with E-state index in [1.807, 2.05) is 0 Å². The minimum Gasteiger partial charge on any atom is -0.356 e. The first-order valence-corrected chi connectivity index (χ1v) is 7.24. The van der Waals surface area contributed by atoms with Crippen LogP contribution in [0, 0.1) is 0 Å². The third kappa shape index (κ3) is 7.65. The smallest absolute Gasteiger partial charge is 0.356 e. The first-order valence-electron chi connectivity index (χ1n) is 7.24. The molecule has 0 aliphatic carbocycles. The number of nitrogens with two attached hydrogens (primary N) is 1. The van der Waals surface area contributed by atoms with E-state index in [0.29, 0.717) is 13.0 Å². The standard InChI is InChI=1S/C15H20F3N3O2.ClH/c1-2-20-13(22)4-3-5-14(23)21-12-7-10(9-19)6-11(8-12)15(16,17)18;/h6-8H,2-5,9,19H2,1H3,(H,20,22)(H,21,23);1H. The molecule has 0 aliphatic rings. The Kier molecular flexibility index (Phi) is 9.38. The zero-order chi connectivity index (χ0) is 17.5. The van der Waals surface area contributed by atoms with Crippen LogP contribution in [0.3, 0.4) is 0 Å². The fraction of sp³-hybridized carbons (Fsp3) is 0.467. The van der Waals surface area contributed by atoms with Gasteiger partial charge in [-0.15, -0.1) is 12.4 Å². The van der Waals surface area contributed by atoms with Crippen molar-refractivity contribution < 1.29 is 22.8 Å². The van der Waals surface area contributed by atoms with Gasteiger partial charge in [-0.1, -0.05) is 0 Å². The minimum absolute atomic E-state index is 0. The van der Waals surface area contributed by atoms with E-state index in [1.54, 1.807) is 6.92 Å². The molecule has 0 heterocycles. The van der Waals surface area contributed by atoms with Gasteiger partial charge in [0.05, 0.1) is 5.56 Å². The topological polar surface area (TPSA) is 84.2 Å². The summed E-state index contributed by atoms with van der Waals surface area (Å²) in [6, 6.07) is 3.21. The van der Waals surface area contributed by atoms with Crippen LogP contribution in [0.5, 0.6) is 0 Å². The van der Waals surface area contributed by atoms with Gasteiger partial charge in [-0.2, -0.15) is 13.2 Å². The van der Waals surface area contributed by atoms with Crippen molar-refractivity contribution in [3.05, 3.63) is 29.3 Å². The fourth-order valence-corrected chi connectivity index (χ4v) is 1.96. The first kappa shape index (κ1) is 22.2. The number of nitrogens with one attached hydrogen (secondary N) is 2. The van der Waals surface area contributed by atoms with Crippen molar-refractivity contribution in [2.45, 2.75) is 38.9 Å². The van der Waals surface area contributed by atoms with Crippen LogP contribution in [0.2, 0.25) is 0 Å². The maximum absolute atomic E-state index is 12.8. The molecule has 5 nitrogen and oxygen atoms in total. The van der Waals surface area contributed by atoms with Crippen LogP contribution in [0.25, 0.3) is 0 Å². The van der Waals surface area contributed by atoms with E-state index in [2.05, 4.69) is 10.6 Å². The normalized spacial score (nSPS) is 10.7. The molecule has 0 aliphatic heterocycles. The number of benzene rings is 1. The molecule has 0 unspecified atom stereocenters. The monoisotopic (exact) mass is 367 g/mol. The number of anilines is 1. The fourth-order valence-electron chi connectivity index (χ4n) is 1.96. The molecule has 24 heavy (non-hydrogen) atoms. The summed E-state index contributed by atoms with van der Waals surface area (Å²) >= 11 is 0. The quantitative estimate of drug-likeness (QED) is 0.692. The first-order chi connectivity index (χ1) is 10.8. The van der Waals surface area contributed by atoms with Crippen molar-refractivity contribution >= 4 is 29.9 Å². The molecular weight excluding hydrogens is 347 g/mol. The Morgan fingerprint density at radius 3 is 2.29 bits per heavy atom. The second kappa shape index (κ2) is 10.1. The highest BCUT2D eigenvalue weighted by molar-refractivity contribution is 5.91. The van der Waals surface area contributed by atoms with Crippen LogP contribution in [0.15, 0.2) is 18.2 Å². The van der Waals surface area contributed by atoms with Gasteiger partial charge in [-0.05, 0) is 37.1 Å². The van der Waals surface area contributed by atoms with E-state index in [9.17, 15) is 22.8 Å².